The van der Waals surface area contributed by atoms with E-state index >= 15 is 0 Å². The van der Waals surface area contributed by atoms with Gasteiger partial charge in [0.2, 0.25) is 0 Å². The van der Waals surface area contributed by atoms with Gasteiger partial charge in [-0.1, -0.05) is 12.2 Å². The maximum absolute atomic E-state index is 11.0. The lowest BCUT2D eigenvalue weighted by atomic mass is 9.83. The SMILES string of the molecule is C=CCC(CC=C)C(CCC(=O)O)C(=O)O. The molecule has 4 heteroatoms. The van der Waals surface area contributed by atoms with Crippen molar-refractivity contribution in [2.45, 2.75) is 25.7 Å². The maximum Gasteiger partial charge on any atom is 0.306 e. The molecule has 90 valence electrons. The lowest BCUT2D eigenvalue weighted by molar-refractivity contribution is -0.144. The van der Waals surface area contributed by atoms with Gasteiger partial charge < -0.3 is 10.2 Å². The molecule has 0 radical (unpaired) electrons. The number of hydrogen-bond acceptors (Lipinski definition) is 2. The molecule has 0 heterocycles. The Balaban J connectivity index is 4.55. The molecule has 0 aromatic carbocycles. The second kappa shape index (κ2) is 7.68. The Morgan fingerprint density at radius 3 is 1.94 bits per heavy atom. The van der Waals surface area contributed by atoms with Crippen molar-refractivity contribution in [2.75, 3.05) is 0 Å². The number of carbonyl (C=O) groups is 2. The van der Waals surface area contributed by atoms with Crippen LogP contribution in [0.2, 0.25) is 0 Å². The Labute approximate surface area is 95.3 Å². The molecule has 0 rings (SSSR count). The van der Waals surface area contributed by atoms with Crippen molar-refractivity contribution < 1.29 is 19.8 Å². The summed E-state index contributed by atoms with van der Waals surface area (Å²) in [5.41, 5.74) is 0. The van der Waals surface area contributed by atoms with E-state index in [1.54, 1.807) is 12.2 Å². The topological polar surface area (TPSA) is 74.6 Å². The van der Waals surface area contributed by atoms with E-state index in [1.807, 2.05) is 0 Å². The van der Waals surface area contributed by atoms with Crippen LogP contribution < -0.4 is 0 Å². The second-order valence-electron chi connectivity index (χ2n) is 3.69. The molecule has 4 nitrogen and oxygen atoms in total. The first kappa shape index (κ1) is 14.4. The van der Waals surface area contributed by atoms with Gasteiger partial charge in [-0.05, 0) is 25.2 Å². The van der Waals surface area contributed by atoms with E-state index < -0.39 is 17.9 Å². The first-order chi connectivity index (χ1) is 7.52. The van der Waals surface area contributed by atoms with Crippen molar-refractivity contribution in [3.8, 4) is 0 Å². The number of hydrogen-bond donors (Lipinski definition) is 2. The third-order valence-corrected chi connectivity index (χ3v) is 2.49. The van der Waals surface area contributed by atoms with Gasteiger partial charge >= 0.3 is 11.9 Å². The van der Waals surface area contributed by atoms with E-state index in [9.17, 15) is 9.59 Å². The van der Waals surface area contributed by atoms with Gasteiger partial charge in [-0.3, -0.25) is 9.59 Å². The molecular formula is C12H18O4. The average Bonchev–Trinajstić information content (AvgIpc) is 2.17. The summed E-state index contributed by atoms with van der Waals surface area (Å²) in [5.74, 6) is -2.68. The predicted molar refractivity (Wildman–Crippen MR) is 61.1 cm³/mol. The molecule has 0 saturated carbocycles. The highest BCUT2D eigenvalue weighted by molar-refractivity contribution is 5.72. The largest absolute Gasteiger partial charge is 0.481 e. The maximum atomic E-state index is 11.0. The van der Waals surface area contributed by atoms with Gasteiger partial charge in [-0.2, -0.15) is 0 Å². The minimum absolute atomic E-state index is 0.119. The quantitative estimate of drug-likeness (QED) is 0.592. The standard InChI is InChI=1S/C12H18O4/c1-3-5-9(6-4-2)10(12(15)16)7-8-11(13)14/h3-4,9-10H,1-2,5-8H2,(H,13,14)(H,15,16). The molecule has 0 aliphatic rings. The number of aliphatic carboxylic acids is 2. The van der Waals surface area contributed by atoms with Crippen LogP contribution in [0.4, 0.5) is 0 Å². The van der Waals surface area contributed by atoms with Crippen LogP contribution in [0, 0.1) is 11.8 Å². The molecule has 0 saturated heterocycles. The van der Waals surface area contributed by atoms with Gasteiger partial charge in [-0.25, -0.2) is 0 Å². The Kier molecular flexibility index (Phi) is 6.92. The first-order valence-electron chi connectivity index (χ1n) is 5.19. The zero-order chi connectivity index (χ0) is 12.6. The molecule has 0 fully saturated rings. The van der Waals surface area contributed by atoms with Crippen molar-refractivity contribution >= 4 is 11.9 Å². The van der Waals surface area contributed by atoms with Crippen LogP contribution in [0.1, 0.15) is 25.7 Å². The molecular weight excluding hydrogens is 208 g/mol. The summed E-state index contributed by atoms with van der Waals surface area (Å²) >= 11 is 0. The van der Waals surface area contributed by atoms with Gasteiger partial charge in [0, 0.05) is 6.42 Å². The van der Waals surface area contributed by atoms with Gasteiger partial charge in [0.25, 0.3) is 0 Å². The van der Waals surface area contributed by atoms with E-state index in [1.165, 1.54) is 0 Å². The Morgan fingerprint density at radius 1 is 1.12 bits per heavy atom. The number of allylic oxidation sites excluding steroid dienone is 2. The predicted octanol–water partition coefficient (Wildman–Crippen LogP) is 2.32. The van der Waals surface area contributed by atoms with Crippen molar-refractivity contribution in [3.63, 3.8) is 0 Å². The normalized spacial score (nSPS) is 12.1. The second-order valence-corrected chi connectivity index (χ2v) is 3.69. The average molecular weight is 226 g/mol. The Bertz CT molecular complexity index is 260. The minimum Gasteiger partial charge on any atom is -0.481 e. The van der Waals surface area contributed by atoms with E-state index in [4.69, 9.17) is 10.2 Å². The van der Waals surface area contributed by atoms with Crippen LogP contribution in [0.5, 0.6) is 0 Å². The van der Waals surface area contributed by atoms with Crippen LogP contribution in [0.15, 0.2) is 25.3 Å². The first-order valence-corrected chi connectivity index (χ1v) is 5.19. The molecule has 0 aromatic heterocycles. The van der Waals surface area contributed by atoms with Crippen LogP contribution in [0.25, 0.3) is 0 Å². The van der Waals surface area contributed by atoms with Gasteiger partial charge in [-0.15, -0.1) is 13.2 Å². The molecule has 1 unspecified atom stereocenters. The Morgan fingerprint density at radius 2 is 1.62 bits per heavy atom. The molecule has 2 N–H and O–H groups in total. The molecule has 1 atom stereocenters. The summed E-state index contributed by atoms with van der Waals surface area (Å²) in [6, 6.07) is 0. The highest BCUT2D eigenvalue weighted by Crippen LogP contribution is 2.25. The summed E-state index contributed by atoms with van der Waals surface area (Å²) in [5, 5.41) is 17.6. The van der Waals surface area contributed by atoms with Gasteiger partial charge in [0.05, 0.1) is 5.92 Å². The molecule has 16 heavy (non-hydrogen) atoms. The van der Waals surface area contributed by atoms with Crippen LogP contribution in [0.3, 0.4) is 0 Å². The molecule has 0 aliphatic carbocycles. The van der Waals surface area contributed by atoms with Crippen LogP contribution in [-0.4, -0.2) is 22.2 Å². The van der Waals surface area contributed by atoms with Crippen molar-refractivity contribution in [2.24, 2.45) is 11.8 Å². The third kappa shape index (κ3) is 5.34. The fourth-order valence-corrected chi connectivity index (χ4v) is 1.69. The highest BCUT2D eigenvalue weighted by Gasteiger charge is 2.26. The molecule has 0 aliphatic heterocycles. The summed E-state index contributed by atoms with van der Waals surface area (Å²) in [4.78, 5) is 21.5. The summed E-state index contributed by atoms with van der Waals surface area (Å²) in [6.07, 6.45) is 4.46. The van der Waals surface area contributed by atoms with Gasteiger partial charge in [0.15, 0.2) is 0 Å². The summed E-state index contributed by atoms with van der Waals surface area (Å²) in [7, 11) is 0. The monoisotopic (exact) mass is 226 g/mol. The molecule has 0 aromatic rings. The van der Waals surface area contributed by atoms with Crippen molar-refractivity contribution in [1.82, 2.24) is 0 Å². The zero-order valence-corrected chi connectivity index (χ0v) is 9.26. The lowest BCUT2D eigenvalue weighted by Gasteiger charge is -2.20. The molecule has 0 amide bonds. The number of carboxylic acid groups (broad SMARTS) is 2. The zero-order valence-electron chi connectivity index (χ0n) is 9.26. The van der Waals surface area contributed by atoms with Gasteiger partial charge in [0.1, 0.15) is 0 Å². The highest BCUT2D eigenvalue weighted by atomic mass is 16.4. The molecule has 0 bridgehead atoms. The van der Waals surface area contributed by atoms with Crippen LogP contribution >= 0.6 is 0 Å². The summed E-state index contributed by atoms with van der Waals surface area (Å²) < 4.78 is 0. The fourth-order valence-electron chi connectivity index (χ4n) is 1.69. The van der Waals surface area contributed by atoms with E-state index in [-0.39, 0.29) is 18.8 Å². The van der Waals surface area contributed by atoms with Crippen molar-refractivity contribution in [3.05, 3.63) is 25.3 Å². The van der Waals surface area contributed by atoms with E-state index in [0.29, 0.717) is 12.8 Å². The minimum atomic E-state index is -0.970. The lowest BCUT2D eigenvalue weighted by Crippen LogP contribution is -2.24. The smallest absolute Gasteiger partial charge is 0.306 e. The fraction of sp³-hybridized carbons (Fsp3) is 0.500. The van der Waals surface area contributed by atoms with E-state index in [2.05, 4.69) is 13.2 Å². The molecule has 0 spiro atoms. The summed E-state index contributed by atoms with van der Waals surface area (Å²) in [6.45, 7) is 7.15. The number of carboxylic acids is 2. The van der Waals surface area contributed by atoms with Crippen LogP contribution in [-0.2, 0) is 9.59 Å². The third-order valence-electron chi connectivity index (χ3n) is 2.49. The van der Waals surface area contributed by atoms with Crippen molar-refractivity contribution in [1.29, 1.82) is 0 Å². The Hall–Kier alpha value is -1.58. The number of rotatable bonds is 9. The van der Waals surface area contributed by atoms with E-state index in [0.717, 1.165) is 0 Å².